The Kier molecular flexibility index (Phi) is 2.67. The highest BCUT2D eigenvalue weighted by atomic mass is 16.5. The zero-order valence-electron chi connectivity index (χ0n) is 11.3. The number of fused-ring (bicyclic) bond motifs is 2. The summed E-state index contributed by atoms with van der Waals surface area (Å²) in [4.78, 5) is 8.68. The summed E-state index contributed by atoms with van der Waals surface area (Å²) in [6.45, 7) is 1.32. The topological polar surface area (TPSA) is 75.2 Å². The summed E-state index contributed by atoms with van der Waals surface area (Å²) in [5, 5.41) is 0. The van der Waals surface area contributed by atoms with Crippen LogP contribution < -0.4 is 15.2 Å². The van der Waals surface area contributed by atoms with Crippen LogP contribution in [-0.2, 0) is 0 Å². The fourth-order valence-electron chi connectivity index (χ4n) is 2.48. The highest BCUT2D eigenvalue weighted by Gasteiger charge is 2.15. The Morgan fingerprint density at radius 1 is 1.10 bits per heavy atom. The van der Waals surface area contributed by atoms with Crippen molar-refractivity contribution in [1.29, 1.82) is 0 Å². The number of hydrogen-bond acceptors (Lipinski definition) is 5. The summed E-state index contributed by atoms with van der Waals surface area (Å²) in [6, 6.07) is 9.46. The normalized spacial score (nSPS) is 14.1. The number of aromatic nitrogens is 3. The van der Waals surface area contributed by atoms with E-state index in [0.717, 1.165) is 34.8 Å². The standard InChI is InChI=1S/C15H14N4O2/c16-15-18-11-3-1-6-17-14(11)19(15)10-4-5-12-13(9-10)21-8-2-7-20-12/h1,3-6,9H,2,7-8H2,(H2,16,18). The van der Waals surface area contributed by atoms with Gasteiger partial charge < -0.3 is 15.2 Å². The van der Waals surface area contributed by atoms with Gasteiger partial charge in [-0.2, -0.15) is 0 Å². The number of anilines is 1. The van der Waals surface area contributed by atoms with E-state index in [1.807, 2.05) is 34.9 Å². The molecular weight excluding hydrogens is 268 g/mol. The zero-order valence-corrected chi connectivity index (χ0v) is 11.3. The van der Waals surface area contributed by atoms with Crippen molar-refractivity contribution in [3.05, 3.63) is 36.5 Å². The van der Waals surface area contributed by atoms with Crippen LogP contribution in [0.15, 0.2) is 36.5 Å². The van der Waals surface area contributed by atoms with E-state index in [1.165, 1.54) is 0 Å². The number of imidazole rings is 1. The lowest BCUT2D eigenvalue weighted by atomic mass is 10.2. The van der Waals surface area contributed by atoms with Crippen LogP contribution in [0, 0.1) is 0 Å². The van der Waals surface area contributed by atoms with E-state index in [4.69, 9.17) is 15.2 Å². The second-order valence-electron chi connectivity index (χ2n) is 4.83. The molecule has 2 aromatic heterocycles. The maximum atomic E-state index is 6.03. The van der Waals surface area contributed by atoms with Crippen molar-refractivity contribution in [2.75, 3.05) is 18.9 Å². The molecule has 0 unspecified atom stereocenters. The fourth-order valence-corrected chi connectivity index (χ4v) is 2.48. The molecule has 0 atom stereocenters. The van der Waals surface area contributed by atoms with Gasteiger partial charge in [-0.25, -0.2) is 9.97 Å². The number of pyridine rings is 1. The van der Waals surface area contributed by atoms with Crippen molar-refractivity contribution >= 4 is 17.1 Å². The molecule has 106 valence electrons. The highest BCUT2D eigenvalue weighted by molar-refractivity contribution is 5.77. The fraction of sp³-hybridized carbons (Fsp3) is 0.200. The lowest BCUT2D eigenvalue weighted by Crippen LogP contribution is -2.02. The molecule has 0 saturated heterocycles. The largest absolute Gasteiger partial charge is 0.490 e. The van der Waals surface area contributed by atoms with Gasteiger partial charge in [-0.05, 0) is 24.3 Å². The molecule has 0 saturated carbocycles. The first kappa shape index (κ1) is 12.0. The van der Waals surface area contributed by atoms with Crippen LogP contribution in [-0.4, -0.2) is 27.7 Å². The van der Waals surface area contributed by atoms with Crippen LogP contribution in [0.3, 0.4) is 0 Å². The molecule has 3 heterocycles. The van der Waals surface area contributed by atoms with Gasteiger partial charge in [-0.3, -0.25) is 4.57 Å². The Morgan fingerprint density at radius 3 is 2.86 bits per heavy atom. The molecule has 2 N–H and O–H groups in total. The molecule has 0 aliphatic carbocycles. The zero-order chi connectivity index (χ0) is 14.2. The van der Waals surface area contributed by atoms with Gasteiger partial charge in [-0.15, -0.1) is 0 Å². The first-order chi connectivity index (χ1) is 10.3. The molecule has 0 radical (unpaired) electrons. The number of benzene rings is 1. The van der Waals surface area contributed by atoms with E-state index in [2.05, 4.69) is 9.97 Å². The number of nitrogens with two attached hydrogens (primary N) is 1. The molecule has 0 bridgehead atoms. The minimum Gasteiger partial charge on any atom is -0.490 e. The summed E-state index contributed by atoms with van der Waals surface area (Å²) in [5.74, 6) is 1.88. The van der Waals surface area contributed by atoms with E-state index in [0.29, 0.717) is 19.2 Å². The Hall–Kier alpha value is -2.76. The van der Waals surface area contributed by atoms with Crippen molar-refractivity contribution in [2.45, 2.75) is 6.42 Å². The third-order valence-corrected chi connectivity index (χ3v) is 3.43. The molecule has 0 amide bonds. The molecule has 4 rings (SSSR count). The first-order valence-corrected chi connectivity index (χ1v) is 6.82. The van der Waals surface area contributed by atoms with Crippen LogP contribution >= 0.6 is 0 Å². The second-order valence-corrected chi connectivity index (χ2v) is 4.83. The quantitative estimate of drug-likeness (QED) is 0.740. The SMILES string of the molecule is Nc1nc2cccnc2n1-c1ccc2c(c1)OCCCO2. The van der Waals surface area contributed by atoms with E-state index in [9.17, 15) is 0 Å². The lowest BCUT2D eigenvalue weighted by Gasteiger charge is -2.11. The Labute approximate surface area is 121 Å². The average molecular weight is 282 g/mol. The average Bonchev–Trinajstić information content (AvgIpc) is 2.68. The highest BCUT2D eigenvalue weighted by Crippen LogP contribution is 2.33. The molecule has 6 heteroatoms. The number of nitrogen functional groups attached to an aromatic ring is 1. The number of nitrogens with zero attached hydrogens (tertiary/aromatic N) is 3. The maximum Gasteiger partial charge on any atom is 0.207 e. The van der Waals surface area contributed by atoms with E-state index in [1.54, 1.807) is 6.20 Å². The summed E-state index contributed by atoms with van der Waals surface area (Å²) < 4.78 is 13.2. The molecular formula is C15H14N4O2. The second kappa shape index (κ2) is 4.66. The van der Waals surface area contributed by atoms with Crippen molar-refractivity contribution in [3.8, 4) is 17.2 Å². The minimum absolute atomic E-state index is 0.401. The molecule has 3 aromatic rings. The summed E-state index contributed by atoms with van der Waals surface area (Å²) in [5.41, 5.74) is 8.38. The van der Waals surface area contributed by atoms with Gasteiger partial charge in [0.1, 0.15) is 5.52 Å². The molecule has 0 spiro atoms. The van der Waals surface area contributed by atoms with E-state index in [-0.39, 0.29) is 0 Å². The molecule has 1 aliphatic rings. The van der Waals surface area contributed by atoms with Gasteiger partial charge in [0.2, 0.25) is 5.95 Å². The summed E-state index contributed by atoms with van der Waals surface area (Å²) >= 11 is 0. The van der Waals surface area contributed by atoms with Gasteiger partial charge in [0.25, 0.3) is 0 Å². The molecule has 21 heavy (non-hydrogen) atoms. The van der Waals surface area contributed by atoms with Crippen LogP contribution in [0.25, 0.3) is 16.9 Å². The van der Waals surface area contributed by atoms with Crippen molar-refractivity contribution in [2.24, 2.45) is 0 Å². The lowest BCUT2D eigenvalue weighted by molar-refractivity contribution is 0.297. The third kappa shape index (κ3) is 1.96. The van der Waals surface area contributed by atoms with Crippen molar-refractivity contribution in [1.82, 2.24) is 14.5 Å². The molecule has 0 fully saturated rings. The van der Waals surface area contributed by atoms with E-state index < -0.39 is 0 Å². The monoisotopic (exact) mass is 282 g/mol. The van der Waals surface area contributed by atoms with Crippen LogP contribution in [0.2, 0.25) is 0 Å². The molecule has 6 nitrogen and oxygen atoms in total. The van der Waals surface area contributed by atoms with Crippen LogP contribution in [0.4, 0.5) is 5.95 Å². The number of rotatable bonds is 1. The Morgan fingerprint density at radius 2 is 1.95 bits per heavy atom. The molecule has 1 aliphatic heterocycles. The third-order valence-electron chi connectivity index (χ3n) is 3.43. The summed E-state index contributed by atoms with van der Waals surface area (Å²) in [7, 11) is 0. The predicted octanol–water partition coefficient (Wildman–Crippen LogP) is 2.16. The first-order valence-electron chi connectivity index (χ1n) is 6.82. The smallest absolute Gasteiger partial charge is 0.207 e. The Balaban J connectivity index is 1.89. The van der Waals surface area contributed by atoms with E-state index >= 15 is 0 Å². The maximum absolute atomic E-state index is 6.03. The molecule has 1 aromatic carbocycles. The van der Waals surface area contributed by atoms with Gasteiger partial charge >= 0.3 is 0 Å². The van der Waals surface area contributed by atoms with Gasteiger partial charge in [0.05, 0.1) is 18.9 Å². The van der Waals surface area contributed by atoms with Gasteiger partial charge in [-0.1, -0.05) is 0 Å². The minimum atomic E-state index is 0.401. The van der Waals surface area contributed by atoms with Gasteiger partial charge in [0.15, 0.2) is 17.1 Å². The van der Waals surface area contributed by atoms with Crippen LogP contribution in [0.5, 0.6) is 11.5 Å². The van der Waals surface area contributed by atoms with Crippen molar-refractivity contribution < 1.29 is 9.47 Å². The van der Waals surface area contributed by atoms with Crippen molar-refractivity contribution in [3.63, 3.8) is 0 Å². The number of hydrogen-bond donors (Lipinski definition) is 1. The number of ether oxygens (including phenoxy) is 2. The predicted molar refractivity (Wildman–Crippen MR) is 78.9 cm³/mol. The Bertz CT molecular complexity index is 813. The van der Waals surface area contributed by atoms with Gasteiger partial charge in [0, 0.05) is 18.7 Å². The van der Waals surface area contributed by atoms with Crippen LogP contribution in [0.1, 0.15) is 6.42 Å². The summed E-state index contributed by atoms with van der Waals surface area (Å²) in [6.07, 6.45) is 2.60.